The summed E-state index contributed by atoms with van der Waals surface area (Å²) in [6.45, 7) is 5.41. The lowest BCUT2D eigenvalue weighted by Gasteiger charge is -2.13. The zero-order valence-electron chi connectivity index (χ0n) is 16.6. The van der Waals surface area contributed by atoms with Gasteiger partial charge in [-0.3, -0.25) is 9.52 Å². The molecule has 156 valence electrons. The lowest BCUT2D eigenvalue weighted by molar-refractivity contribution is 0.102. The fraction of sp³-hybridized carbons (Fsp3) is 0.136. The number of sulfonamides is 1. The van der Waals surface area contributed by atoms with Gasteiger partial charge >= 0.3 is 0 Å². The molecule has 0 aliphatic rings. The Kier molecular flexibility index (Phi) is 6.14. The van der Waals surface area contributed by atoms with Gasteiger partial charge in [-0.05, 0) is 79.9 Å². The van der Waals surface area contributed by atoms with E-state index in [9.17, 15) is 17.6 Å². The zero-order valence-corrected chi connectivity index (χ0v) is 18.2. The third kappa shape index (κ3) is 4.98. The first-order valence-electron chi connectivity index (χ1n) is 9.03. The number of aryl methyl sites for hydroxylation is 3. The Morgan fingerprint density at radius 2 is 1.57 bits per heavy atom. The lowest BCUT2D eigenvalue weighted by atomic mass is 10.1. The van der Waals surface area contributed by atoms with Gasteiger partial charge in [-0.2, -0.15) is 0 Å². The van der Waals surface area contributed by atoms with Crippen molar-refractivity contribution in [2.45, 2.75) is 25.7 Å². The number of benzene rings is 3. The van der Waals surface area contributed by atoms with E-state index in [1.54, 1.807) is 25.1 Å². The number of halogens is 2. The number of carbonyl (C=O) groups excluding carboxylic acids is 1. The molecule has 3 rings (SSSR count). The Morgan fingerprint density at radius 3 is 2.20 bits per heavy atom. The van der Waals surface area contributed by atoms with Gasteiger partial charge in [-0.25, -0.2) is 12.8 Å². The van der Waals surface area contributed by atoms with Gasteiger partial charge in [0.1, 0.15) is 5.82 Å². The van der Waals surface area contributed by atoms with Gasteiger partial charge in [-0.15, -0.1) is 0 Å². The molecule has 3 aromatic rings. The van der Waals surface area contributed by atoms with E-state index < -0.39 is 21.7 Å². The molecule has 0 spiro atoms. The number of hydrogen-bond acceptors (Lipinski definition) is 3. The average molecular weight is 447 g/mol. The van der Waals surface area contributed by atoms with E-state index >= 15 is 0 Å². The van der Waals surface area contributed by atoms with Crippen LogP contribution in [0, 0.1) is 26.6 Å². The quantitative estimate of drug-likeness (QED) is 0.546. The second-order valence-electron chi connectivity index (χ2n) is 7.05. The molecule has 1 amide bonds. The molecular weight excluding hydrogens is 427 g/mol. The minimum atomic E-state index is -3.92. The molecule has 3 aromatic carbocycles. The highest BCUT2D eigenvalue weighted by Crippen LogP contribution is 2.24. The molecule has 2 N–H and O–H groups in total. The van der Waals surface area contributed by atoms with Crippen molar-refractivity contribution in [1.82, 2.24) is 0 Å². The molecule has 30 heavy (non-hydrogen) atoms. The smallest absolute Gasteiger partial charge is 0.262 e. The number of carbonyl (C=O) groups is 1. The summed E-state index contributed by atoms with van der Waals surface area (Å²) < 4.78 is 41.8. The van der Waals surface area contributed by atoms with Crippen LogP contribution in [0.5, 0.6) is 0 Å². The zero-order chi connectivity index (χ0) is 22.1. The Morgan fingerprint density at radius 1 is 0.900 bits per heavy atom. The van der Waals surface area contributed by atoms with E-state index in [-0.39, 0.29) is 15.5 Å². The van der Waals surface area contributed by atoms with Gasteiger partial charge in [0.2, 0.25) is 0 Å². The summed E-state index contributed by atoms with van der Waals surface area (Å²) in [5.41, 5.74) is 3.23. The third-order valence-electron chi connectivity index (χ3n) is 4.39. The van der Waals surface area contributed by atoms with Gasteiger partial charge < -0.3 is 5.32 Å². The first kappa shape index (κ1) is 21.8. The maximum Gasteiger partial charge on any atom is 0.262 e. The molecule has 8 heteroatoms. The average Bonchev–Trinajstić information content (AvgIpc) is 2.63. The summed E-state index contributed by atoms with van der Waals surface area (Å²) >= 11 is 5.73. The van der Waals surface area contributed by atoms with E-state index in [0.717, 1.165) is 17.2 Å². The van der Waals surface area contributed by atoms with Gasteiger partial charge in [0.15, 0.2) is 0 Å². The maximum atomic E-state index is 13.3. The highest BCUT2D eigenvalue weighted by molar-refractivity contribution is 7.92. The fourth-order valence-corrected chi connectivity index (χ4v) is 4.54. The van der Waals surface area contributed by atoms with Crippen molar-refractivity contribution in [3.63, 3.8) is 0 Å². The van der Waals surface area contributed by atoms with E-state index in [1.807, 2.05) is 19.9 Å². The van der Waals surface area contributed by atoms with E-state index in [2.05, 4.69) is 10.0 Å². The summed E-state index contributed by atoms with van der Waals surface area (Å²) in [7, 11) is -3.92. The van der Waals surface area contributed by atoms with Crippen LogP contribution in [0.3, 0.4) is 0 Å². The van der Waals surface area contributed by atoms with Crippen molar-refractivity contribution in [2.24, 2.45) is 0 Å². The minimum Gasteiger partial charge on any atom is -0.322 e. The van der Waals surface area contributed by atoms with Crippen LogP contribution in [0.4, 0.5) is 15.8 Å². The van der Waals surface area contributed by atoms with E-state index in [4.69, 9.17) is 11.6 Å². The highest BCUT2D eigenvalue weighted by atomic mass is 35.5. The van der Waals surface area contributed by atoms with Crippen LogP contribution in [-0.4, -0.2) is 14.3 Å². The molecule has 0 aliphatic heterocycles. The van der Waals surface area contributed by atoms with Crippen LogP contribution in [0.2, 0.25) is 5.02 Å². The number of nitrogens with one attached hydrogen (secondary N) is 2. The first-order chi connectivity index (χ1) is 14.0. The summed E-state index contributed by atoms with van der Waals surface area (Å²) in [6.07, 6.45) is 0. The van der Waals surface area contributed by atoms with E-state index in [1.165, 1.54) is 24.3 Å². The van der Waals surface area contributed by atoms with Crippen molar-refractivity contribution < 1.29 is 17.6 Å². The van der Waals surface area contributed by atoms with Crippen molar-refractivity contribution in [2.75, 3.05) is 10.0 Å². The summed E-state index contributed by atoms with van der Waals surface area (Å²) in [6, 6.07) is 13.6. The van der Waals surface area contributed by atoms with Crippen LogP contribution >= 0.6 is 11.6 Å². The molecule has 0 saturated heterocycles. The molecule has 0 bridgehead atoms. The van der Waals surface area contributed by atoms with Crippen LogP contribution < -0.4 is 10.0 Å². The number of anilines is 2. The molecule has 0 atom stereocenters. The van der Waals surface area contributed by atoms with Crippen LogP contribution in [0.15, 0.2) is 59.5 Å². The van der Waals surface area contributed by atoms with Crippen molar-refractivity contribution >= 4 is 38.9 Å². The van der Waals surface area contributed by atoms with Gasteiger partial charge in [0.25, 0.3) is 15.9 Å². The Balaban J connectivity index is 1.89. The Bertz CT molecular complexity index is 1220. The fourth-order valence-electron chi connectivity index (χ4n) is 3.05. The number of amides is 1. The summed E-state index contributed by atoms with van der Waals surface area (Å²) in [4.78, 5) is 12.6. The Labute approximate surface area is 179 Å². The first-order valence-corrected chi connectivity index (χ1v) is 10.9. The van der Waals surface area contributed by atoms with Gasteiger partial charge in [0, 0.05) is 16.9 Å². The molecule has 0 unspecified atom stereocenters. The van der Waals surface area contributed by atoms with E-state index in [0.29, 0.717) is 16.9 Å². The lowest BCUT2D eigenvalue weighted by Crippen LogP contribution is -2.17. The predicted octanol–water partition coefficient (Wildman–Crippen LogP) is 5.46. The predicted molar refractivity (Wildman–Crippen MR) is 117 cm³/mol. The highest BCUT2D eigenvalue weighted by Gasteiger charge is 2.20. The summed E-state index contributed by atoms with van der Waals surface area (Å²) in [5.74, 6) is -1.14. The van der Waals surface area contributed by atoms with Crippen LogP contribution in [0.1, 0.15) is 27.0 Å². The molecule has 0 aromatic heterocycles. The SMILES string of the molecule is Cc1cc(C)cc(NS(=O)(=O)c2cc(C(=O)Nc3ccc(F)c(Cl)c3)ccc2C)c1. The van der Waals surface area contributed by atoms with Crippen LogP contribution in [0.25, 0.3) is 0 Å². The largest absolute Gasteiger partial charge is 0.322 e. The van der Waals surface area contributed by atoms with Gasteiger partial charge in [-0.1, -0.05) is 23.7 Å². The monoisotopic (exact) mass is 446 g/mol. The standard InChI is InChI=1S/C22H20ClFN2O3S/c1-13-8-14(2)10-18(9-13)26-30(28,29)21-11-16(5-4-15(21)3)22(27)25-17-6-7-20(24)19(23)12-17/h4-12,26H,1-3H3,(H,25,27). The van der Waals surface area contributed by atoms with Crippen molar-refractivity contribution in [3.05, 3.63) is 87.7 Å². The van der Waals surface area contributed by atoms with Crippen molar-refractivity contribution in [1.29, 1.82) is 0 Å². The third-order valence-corrected chi connectivity index (χ3v) is 6.20. The van der Waals surface area contributed by atoms with Crippen molar-refractivity contribution in [3.8, 4) is 0 Å². The maximum absolute atomic E-state index is 13.3. The molecule has 0 radical (unpaired) electrons. The number of rotatable bonds is 5. The second kappa shape index (κ2) is 8.45. The molecule has 0 heterocycles. The molecule has 0 saturated carbocycles. The number of hydrogen-bond donors (Lipinski definition) is 2. The molecular formula is C22H20ClFN2O3S. The molecule has 0 fully saturated rings. The molecule has 5 nitrogen and oxygen atoms in total. The van der Waals surface area contributed by atoms with Crippen LogP contribution in [-0.2, 0) is 10.0 Å². The van der Waals surface area contributed by atoms with Gasteiger partial charge in [0.05, 0.1) is 9.92 Å². The minimum absolute atomic E-state index is 0.00792. The molecule has 0 aliphatic carbocycles. The Hall–Kier alpha value is -2.90. The second-order valence-corrected chi connectivity index (χ2v) is 9.10. The summed E-state index contributed by atoms with van der Waals surface area (Å²) in [5, 5.41) is 2.46. The topological polar surface area (TPSA) is 75.3 Å². The normalized spacial score (nSPS) is 11.2.